The van der Waals surface area contributed by atoms with Crippen LogP contribution in [0.3, 0.4) is 0 Å². The molecular formula is C13H10Cl2N2OS2. The first-order valence-electron chi connectivity index (χ1n) is 5.55. The van der Waals surface area contributed by atoms with Gasteiger partial charge in [0.25, 0.3) is 5.91 Å². The predicted octanol–water partition coefficient (Wildman–Crippen LogP) is 4.25. The van der Waals surface area contributed by atoms with Crippen LogP contribution in [0.1, 0.15) is 21.5 Å². The van der Waals surface area contributed by atoms with E-state index in [1.54, 1.807) is 6.07 Å². The number of thiophene rings is 1. The Labute approximate surface area is 135 Å². The zero-order valence-corrected chi connectivity index (χ0v) is 13.5. The summed E-state index contributed by atoms with van der Waals surface area (Å²) in [5, 5.41) is 2.76. The normalized spacial score (nSPS) is 10.3. The van der Waals surface area contributed by atoms with Gasteiger partial charge in [-0.05, 0) is 24.6 Å². The molecule has 3 nitrogen and oxygen atoms in total. The van der Waals surface area contributed by atoms with Gasteiger partial charge in [-0.25, -0.2) is 0 Å². The van der Waals surface area contributed by atoms with Crippen LogP contribution in [-0.2, 0) is 0 Å². The number of hydrogen-bond donors (Lipinski definition) is 2. The molecule has 7 heteroatoms. The van der Waals surface area contributed by atoms with Gasteiger partial charge in [-0.3, -0.25) is 4.79 Å². The van der Waals surface area contributed by atoms with E-state index in [1.165, 1.54) is 6.07 Å². The minimum atomic E-state index is -0.346. The van der Waals surface area contributed by atoms with Crippen LogP contribution in [0.5, 0.6) is 0 Å². The number of rotatable bonds is 3. The maximum Gasteiger partial charge on any atom is 0.258 e. The zero-order chi connectivity index (χ0) is 14.9. The molecule has 0 atom stereocenters. The monoisotopic (exact) mass is 344 g/mol. The highest BCUT2D eigenvalue weighted by Crippen LogP contribution is 2.32. The van der Waals surface area contributed by atoms with Gasteiger partial charge in [0.2, 0.25) is 0 Å². The van der Waals surface area contributed by atoms with Crippen molar-refractivity contribution in [3.8, 4) is 0 Å². The second kappa shape index (κ2) is 6.10. The smallest absolute Gasteiger partial charge is 0.258 e. The van der Waals surface area contributed by atoms with E-state index in [9.17, 15) is 4.79 Å². The summed E-state index contributed by atoms with van der Waals surface area (Å²) in [6.45, 7) is 1.87. The van der Waals surface area contributed by atoms with Gasteiger partial charge in [-0.1, -0.05) is 47.6 Å². The van der Waals surface area contributed by atoms with E-state index < -0.39 is 0 Å². The van der Waals surface area contributed by atoms with Gasteiger partial charge in [0.15, 0.2) is 0 Å². The lowest BCUT2D eigenvalue weighted by Crippen LogP contribution is -2.18. The van der Waals surface area contributed by atoms with Crippen molar-refractivity contribution in [2.75, 3.05) is 5.32 Å². The van der Waals surface area contributed by atoms with E-state index in [1.807, 2.05) is 19.1 Å². The number of amides is 1. The topological polar surface area (TPSA) is 55.1 Å². The number of thiocarbonyl (C=S) groups is 1. The first kappa shape index (κ1) is 15.3. The van der Waals surface area contributed by atoms with Crippen LogP contribution in [-0.4, -0.2) is 10.9 Å². The molecule has 0 saturated heterocycles. The number of anilines is 1. The lowest BCUT2D eigenvalue weighted by molar-refractivity contribution is 0.102. The van der Waals surface area contributed by atoms with Crippen molar-refractivity contribution in [3.63, 3.8) is 0 Å². The summed E-state index contributed by atoms with van der Waals surface area (Å²) in [7, 11) is 0. The molecule has 0 fully saturated rings. The van der Waals surface area contributed by atoms with Crippen molar-refractivity contribution in [2.24, 2.45) is 5.73 Å². The Morgan fingerprint density at radius 1 is 1.40 bits per heavy atom. The summed E-state index contributed by atoms with van der Waals surface area (Å²) >= 11 is 18.0. The SMILES string of the molecule is Cc1cccc(NC(=O)c2cc(Cl)sc2Cl)c1C(N)=S. The zero-order valence-electron chi connectivity index (χ0n) is 10.4. The molecule has 2 aromatic rings. The van der Waals surface area contributed by atoms with Gasteiger partial charge in [0.1, 0.15) is 9.32 Å². The third-order valence-electron chi connectivity index (χ3n) is 2.67. The Balaban J connectivity index is 2.36. The van der Waals surface area contributed by atoms with Gasteiger partial charge >= 0.3 is 0 Å². The Morgan fingerprint density at radius 3 is 2.65 bits per heavy atom. The van der Waals surface area contributed by atoms with E-state index in [2.05, 4.69) is 5.32 Å². The molecule has 0 bridgehead atoms. The minimum absolute atomic E-state index is 0.229. The van der Waals surface area contributed by atoms with E-state index in [0.29, 0.717) is 25.5 Å². The fraction of sp³-hybridized carbons (Fsp3) is 0.0769. The average Bonchev–Trinajstić information content (AvgIpc) is 2.68. The highest BCUT2D eigenvalue weighted by molar-refractivity contribution is 7.80. The lowest BCUT2D eigenvalue weighted by atomic mass is 10.1. The summed E-state index contributed by atoms with van der Waals surface area (Å²) in [5.74, 6) is -0.346. The number of halogens is 2. The van der Waals surface area contributed by atoms with Crippen molar-refractivity contribution in [1.82, 2.24) is 0 Å². The molecule has 0 aliphatic carbocycles. The summed E-state index contributed by atoms with van der Waals surface area (Å²) in [5.41, 5.74) is 8.13. The number of aryl methyl sites for hydroxylation is 1. The molecule has 0 unspecified atom stereocenters. The Hall–Kier alpha value is -1.14. The molecular weight excluding hydrogens is 335 g/mol. The first-order chi connectivity index (χ1) is 9.40. The third kappa shape index (κ3) is 3.12. The van der Waals surface area contributed by atoms with Crippen LogP contribution in [0.25, 0.3) is 0 Å². The second-order valence-corrected chi connectivity index (χ2v) is 6.78. The standard InChI is InChI=1S/C13H10Cl2N2OS2/c1-6-3-2-4-8(10(6)12(16)19)17-13(18)7-5-9(14)20-11(7)15/h2-5H,1H3,(H2,16,19)(H,17,18). The van der Waals surface area contributed by atoms with Crippen molar-refractivity contribution < 1.29 is 4.79 Å². The molecule has 1 aromatic carbocycles. The summed E-state index contributed by atoms with van der Waals surface area (Å²) in [4.78, 5) is 12.4. The average molecular weight is 345 g/mol. The maximum atomic E-state index is 12.2. The van der Waals surface area contributed by atoms with Gasteiger partial charge < -0.3 is 11.1 Å². The molecule has 0 radical (unpaired) electrons. The number of hydrogen-bond acceptors (Lipinski definition) is 3. The Morgan fingerprint density at radius 2 is 2.10 bits per heavy atom. The van der Waals surface area contributed by atoms with Crippen LogP contribution >= 0.6 is 46.8 Å². The Kier molecular flexibility index (Phi) is 4.65. The van der Waals surface area contributed by atoms with Gasteiger partial charge in [0.05, 0.1) is 15.6 Å². The van der Waals surface area contributed by atoms with Crippen LogP contribution in [0.15, 0.2) is 24.3 Å². The van der Waals surface area contributed by atoms with Crippen LogP contribution in [0.4, 0.5) is 5.69 Å². The third-order valence-corrected chi connectivity index (χ3v) is 4.36. The second-order valence-electron chi connectivity index (χ2n) is 4.05. The quantitative estimate of drug-likeness (QED) is 0.818. The van der Waals surface area contributed by atoms with E-state index >= 15 is 0 Å². The van der Waals surface area contributed by atoms with Crippen molar-refractivity contribution in [1.29, 1.82) is 0 Å². The van der Waals surface area contributed by atoms with E-state index in [4.69, 9.17) is 41.2 Å². The largest absolute Gasteiger partial charge is 0.389 e. The number of nitrogens with one attached hydrogen (secondary N) is 1. The summed E-state index contributed by atoms with van der Waals surface area (Å²) < 4.78 is 0.802. The fourth-order valence-corrected chi connectivity index (χ4v) is 3.51. The fourth-order valence-electron chi connectivity index (χ4n) is 1.78. The molecule has 104 valence electrons. The molecule has 20 heavy (non-hydrogen) atoms. The lowest BCUT2D eigenvalue weighted by Gasteiger charge is -2.12. The van der Waals surface area contributed by atoms with Crippen LogP contribution in [0, 0.1) is 6.92 Å². The van der Waals surface area contributed by atoms with E-state index in [-0.39, 0.29) is 10.9 Å². The van der Waals surface area contributed by atoms with Gasteiger partial charge in [-0.2, -0.15) is 0 Å². The Bertz CT molecular complexity index is 698. The summed E-state index contributed by atoms with van der Waals surface area (Å²) in [6, 6.07) is 6.95. The minimum Gasteiger partial charge on any atom is -0.389 e. The number of nitrogens with two attached hydrogens (primary N) is 1. The number of carbonyl (C=O) groups is 1. The van der Waals surface area contributed by atoms with Gasteiger partial charge in [-0.15, -0.1) is 11.3 Å². The number of carbonyl (C=O) groups excluding carboxylic acids is 1. The summed E-state index contributed by atoms with van der Waals surface area (Å²) in [6.07, 6.45) is 0. The molecule has 0 spiro atoms. The van der Waals surface area contributed by atoms with Crippen molar-refractivity contribution >= 4 is 63.3 Å². The molecule has 0 aliphatic rings. The highest BCUT2D eigenvalue weighted by Gasteiger charge is 2.17. The molecule has 0 saturated carbocycles. The highest BCUT2D eigenvalue weighted by atomic mass is 35.5. The van der Waals surface area contributed by atoms with Crippen LogP contribution < -0.4 is 11.1 Å². The van der Waals surface area contributed by atoms with Crippen LogP contribution in [0.2, 0.25) is 8.67 Å². The van der Waals surface area contributed by atoms with Crippen molar-refractivity contribution in [2.45, 2.75) is 6.92 Å². The van der Waals surface area contributed by atoms with E-state index in [0.717, 1.165) is 16.9 Å². The maximum absolute atomic E-state index is 12.2. The molecule has 2 rings (SSSR count). The first-order valence-corrected chi connectivity index (χ1v) is 7.54. The molecule has 0 aliphatic heterocycles. The van der Waals surface area contributed by atoms with Crippen molar-refractivity contribution in [3.05, 3.63) is 49.6 Å². The number of benzene rings is 1. The van der Waals surface area contributed by atoms with Gasteiger partial charge in [0, 0.05) is 5.56 Å². The predicted molar refractivity (Wildman–Crippen MR) is 89.4 cm³/mol. The molecule has 1 aromatic heterocycles. The molecule has 1 heterocycles. The molecule has 3 N–H and O–H groups in total. The molecule has 1 amide bonds.